The molecule has 0 saturated heterocycles. The molecule has 34 heavy (non-hydrogen) atoms. The van der Waals surface area contributed by atoms with Crippen LogP contribution in [0.25, 0.3) is 22.3 Å². The van der Waals surface area contributed by atoms with Gasteiger partial charge < -0.3 is 9.47 Å². The number of hydrogen-bond acceptors (Lipinski definition) is 4. The minimum atomic E-state index is -0.150. The summed E-state index contributed by atoms with van der Waals surface area (Å²) in [5.41, 5.74) is 6.63. The summed E-state index contributed by atoms with van der Waals surface area (Å²) in [6.07, 6.45) is 0. The van der Waals surface area contributed by atoms with Crippen molar-refractivity contribution in [1.29, 1.82) is 0 Å². The first-order valence-electron chi connectivity index (χ1n) is 11.2. The van der Waals surface area contributed by atoms with Gasteiger partial charge in [0, 0.05) is 36.5 Å². The van der Waals surface area contributed by atoms with Crippen LogP contribution in [0.1, 0.15) is 43.0 Å². The van der Waals surface area contributed by atoms with E-state index < -0.39 is 0 Å². The molecule has 0 heterocycles. The van der Waals surface area contributed by atoms with Gasteiger partial charge in [-0.15, -0.1) is 0 Å². The summed E-state index contributed by atoms with van der Waals surface area (Å²) >= 11 is 0. The number of fused-ring (bicyclic) bond motifs is 2. The second kappa shape index (κ2) is 9.18. The van der Waals surface area contributed by atoms with Gasteiger partial charge in [-0.2, -0.15) is 0 Å². The first-order valence-corrected chi connectivity index (χ1v) is 11.2. The van der Waals surface area contributed by atoms with Crippen LogP contribution in [0.4, 0.5) is 0 Å². The predicted molar refractivity (Wildman–Crippen MR) is 132 cm³/mol. The Kier molecular flexibility index (Phi) is 5.93. The average Bonchev–Trinajstić information content (AvgIpc) is 2.89. The van der Waals surface area contributed by atoms with Crippen LogP contribution in [0.2, 0.25) is 0 Å². The number of carbonyl (C=O) groups is 2. The fraction of sp³-hybridized carbons (Fsp3) is 0.133. The molecule has 1 aliphatic rings. The number of ether oxygens (including phenoxy) is 2. The van der Waals surface area contributed by atoms with Crippen LogP contribution in [-0.4, -0.2) is 25.8 Å². The molecule has 0 N–H and O–H groups in total. The summed E-state index contributed by atoms with van der Waals surface area (Å²) < 4.78 is 11.3. The van der Waals surface area contributed by atoms with Crippen LogP contribution < -0.4 is 0 Å². The van der Waals surface area contributed by atoms with E-state index in [2.05, 4.69) is 0 Å². The molecule has 0 bridgehead atoms. The van der Waals surface area contributed by atoms with Crippen molar-refractivity contribution in [3.05, 3.63) is 118 Å². The fourth-order valence-electron chi connectivity index (χ4n) is 4.91. The average molecular weight is 449 g/mol. The maximum absolute atomic E-state index is 14.0. The van der Waals surface area contributed by atoms with Gasteiger partial charge in [-0.25, -0.2) is 0 Å². The number of carbonyl (C=O) groups excluding carboxylic acids is 2. The maximum Gasteiger partial charge on any atom is 0.195 e. The molecule has 0 atom stereocenters. The smallest absolute Gasteiger partial charge is 0.195 e. The summed E-state index contributed by atoms with van der Waals surface area (Å²) in [5, 5.41) is 0. The van der Waals surface area contributed by atoms with E-state index in [0.717, 1.165) is 33.4 Å². The molecule has 0 radical (unpaired) electrons. The van der Waals surface area contributed by atoms with E-state index in [0.29, 0.717) is 22.3 Å². The summed E-state index contributed by atoms with van der Waals surface area (Å²) in [5.74, 6) is -0.301. The van der Waals surface area contributed by atoms with Gasteiger partial charge in [-0.05, 0) is 33.4 Å². The second-order valence-electron chi connectivity index (χ2n) is 8.26. The monoisotopic (exact) mass is 448 g/mol. The van der Waals surface area contributed by atoms with Crippen molar-refractivity contribution in [1.82, 2.24) is 0 Å². The van der Waals surface area contributed by atoms with Gasteiger partial charge in [0.2, 0.25) is 0 Å². The summed E-state index contributed by atoms with van der Waals surface area (Å²) in [4.78, 5) is 28.1. The third kappa shape index (κ3) is 3.48. The summed E-state index contributed by atoms with van der Waals surface area (Å²) in [6.45, 7) is 0.554. The third-order valence-corrected chi connectivity index (χ3v) is 6.29. The molecule has 4 aromatic carbocycles. The van der Waals surface area contributed by atoms with Crippen molar-refractivity contribution in [3.8, 4) is 22.3 Å². The van der Waals surface area contributed by atoms with E-state index in [4.69, 9.17) is 9.47 Å². The molecule has 4 heteroatoms. The van der Waals surface area contributed by atoms with Crippen molar-refractivity contribution in [2.75, 3.05) is 14.2 Å². The van der Waals surface area contributed by atoms with Crippen LogP contribution in [0.5, 0.6) is 0 Å². The highest BCUT2D eigenvalue weighted by atomic mass is 16.5. The Morgan fingerprint density at radius 3 is 1.21 bits per heavy atom. The lowest BCUT2D eigenvalue weighted by Crippen LogP contribution is -2.25. The normalized spacial score (nSPS) is 12.4. The van der Waals surface area contributed by atoms with Gasteiger partial charge in [0.25, 0.3) is 0 Å². The highest BCUT2D eigenvalue weighted by Gasteiger charge is 2.37. The topological polar surface area (TPSA) is 52.6 Å². The Hall–Kier alpha value is -3.86. The van der Waals surface area contributed by atoms with E-state index in [9.17, 15) is 9.59 Å². The van der Waals surface area contributed by atoms with Crippen LogP contribution in [0, 0.1) is 0 Å². The van der Waals surface area contributed by atoms with Crippen LogP contribution in [-0.2, 0) is 22.7 Å². The Bertz CT molecular complexity index is 1280. The zero-order valence-corrected chi connectivity index (χ0v) is 19.1. The summed E-state index contributed by atoms with van der Waals surface area (Å²) in [6, 6.07) is 26.5. The van der Waals surface area contributed by atoms with E-state index in [1.54, 1.807) is 38.5 Å². The van der Waals surface area contributed by atoms with E-state index in [1.165, 1.54) is 0 Å². The van der Waals surface area contributed by atoms with Crippen molar-refractivity contribution in [2.45, 2.75) is 13.2 Å². The maximum atomic E-state index is 14.0. The van der Waals surface area contributed by atoms with Crippen molar-refractivity contribution < 1.29 is 19.1 Å². The Balaban J connectivity index is 2.00. The molecule has 0 amide bonds. The highest BCUT2D eigenvalue weighted by Crippen LogP contribution is 2.45. The molecule has 4 aromatic rings. The van der Waals surface area contributed by atoms with Crippen molar-refractivity contribution in [2.24, 2.45) is 0 Å². The Morgan fingerprint density at radius 1 is 0.500 bits per heavy atom. The Labute approximate surface area is 198 Å². The van der Waals surface area contributed by atoms with Gasteiger partial charge >= 0.3 is 0 Å². The number of ketones is 2. The van der Waals surface area contributed by atoms with Crippen LogP contribution >= 0.6 is 0 Å². The molecule has 0 aromatic heterocycles. The minimum Gasteiger partial charge on any atom is -0.380 e. The van der Waals surface area contributed by atoms with E-state index in [-0.39, 0.29) is 24.8 Å². The predicted octanol–water partition coefficient (Wildman–Crippen LogP) is 6.09. The Morgan fingerprint density at radius 2 is 0.853 bits per heavy atom. The van der Waals surface area contributed by atoms with Gasteiger partial charge in [-0.1, -0.05) is 84.9 Å². The molecule has 168 valence electrons. The quantitative estimate of drug-likeness (QED) is 0.315. The SMILES string of the molecule is COCc1c(COC)c(-c2ccccc2)c2c(c1-c1ccccc1)C(=O)c1ccccc1C2=O. The summed E-state index contributed by atoms with van der Waals surface area (Å²) in [7, 11) is 3.27. The third-order valence-electron chi connectivity index (χ3n) is 6.29. The first kappa shape index (κ1) is 22.0. The van der Waals surface area contributed by atoms with Gasteiger partial charge in [-0.3, -0.25) is 9.59 Å². The lowest BCUT2D eigenvalue weighted by atomic mass is 9.73. The molecular weight excluding hydrogens is 424 g/mol. The number of rotatable bonds is 6. The van der Waals surface area contributed by atoms with Gasteiger partial charge in [0.1, 0.15) is 0 Å². The zero-order chi connectivity index (χ0) is 23.7. The zero-order valence-electron chi connectivity index (χ0n) is 19.1. The molecular formula is C30H24O4. The molecule has 0 saturated carbocycles. The number of hydrogen-bond donors (Lipinski definition) is 0. The molecule has 5 rings (SSSR count). The highest BCUT2D eigenvalue weighted by molar-refractivity contribution is 6.32. The lowest BCUT2D eigenvalue weighted by molar-refractivity contribution is 0.0979. The van der Waals surface area contributed by atoms with Gasteiger partial charge in [0.05, 0.1) is 13.2 Å². The fourth-order valence-corrected chi connectivity index (χ4v) is 4.91. The molecule has 0 fully saturated rings. The lowest BCUT2D eigenvalue weighted by Gasteiger charge is -2.29. The van der Waals surface area contributed by atoms with E-state index in [1.807, 2.05) is 60.7 Å². The standard InChI is InChI=1S/C30H24O4/c1-33-17-23-24(18-34-2)26(20-13-7-4-8-14-20)28-27(25(23)19-11-5-3-6-12-19)29(31)21-15-9-10-16-22(21)30(28)32/h3-16H,17-18H2,1-2H3. The second-order valence-corrected chi connectivity index (χ2v) is 8.26. The van der Waals surface area contributed by atoms with Crippen LogP contribution in [0.3, 0.4) is 0 Å². The van der Waals surface area contributed by atoms with Crippen molar-refractivity contribution in [3.63, 3.8) is 0 Å². The van der Waals surface area contributed by atoms with Crippen LogP contribution in [0.15, 0.2) is 84.9 Å². The van der Waals surface area contributed by atoms with Crippen molar-refractivity contribution >= 4 is 11.6 Å². The first-order chi connectivity index (χ1) is 16.7. The minimum absolute atomic E-state index is 0.150. The molecule has 0 spiro atoms. The number of methoxy groups -OCH3 is 2. The molecule has 1 aliphatic carbocycles. The van der Waals surface area contributed by atoms with Gasteiger partial charge in [0.15, 0.2) is 11.6 Å². The number of benzene rings is 4. The van der Waals surface area contributed by atoms with E-state index >= 15 is 0 Å². The molecule has 0 unspecified atom stereocenters. The molecule has 4 nitrogen and oxygen atoms in total. The largest absolute Gasteiger partial charge is 0.380 e. The molecule has 0 aliphatic heterocycles.